The van der Waals surface area contributed by atoms with Crippen LogP contribution in [-0.2, 0) is 12.8 Å². The quantitative estimate of drug-likeness (QED) is 0.840. The van der Waals surface area contributed by atoms with Gasteiger partial charge in [-0.2, -0.15) is 0 Å². The van der Waals surface area contributed by atoms with Crippen molar-refractivity contribution in [1.29, 1.82) is 0 Å². The van der Waals surface area contributed by atoms with Gasteiger partial charge in [-0.1, -0.05) is 32.4 Å². The van der Waals surface area contributed by atoms with Gasteiger partial charge in [-0.25, -0.2) is 9.97 Å². The van der Waals surface area contributed by atoms with E-state index in [4.69, 9.17) is 5.73 Å². The third-order valence-corrected chi connectivity index (χ3v) is 3.37. The first-order valence-electron chi connectivity index (χ1n) is 7.19. The Kier molecular flexibility index (Phi) is 4.93. The first-order chi connectivity index (χ1) is 9.74. The SMILES string of the molecule is CCCCc1ccc(Nc2ncnc(N)c2CC)cc1. The number of aryl methyl sites for hydroxylation is 1. The molecule has 106 valence electrons. The number of rotatable bonds is 6. The molecule has 0 radical (unpaired) electrons. The normalized spacial score (nSPS) is 10.5. The topological polar surface area (TPSA) is 63.8 Å². The Morgan fingerprint density at radius 2 is 1.85 bits per heavy atom. The van der Waals surface area contributed by atoms with Crippen LogP contribution in [0.2, 0.25) is 0 Å². The van der Waals surface area contributed by atoms with E-state index in [1.165, 1.54) is 24.7 Å². The van der Waals surface area contributed by atoms with Crippen LogP contribution in [0, 0.1) is 0 Å². The van der Waals surface area contributed by atoms with Crippen molar-refractivity contribution in [2.75, 3.05) is 11.1 Å². The smallest absolute Gasteiger partial charge is 0.139 e. The van der Waals surface area contributed by atoms with Crippen LogP contribution in [0.15, 0.2) is 30.6 Å². The largest absolute Gasteiger partial charge is 0.383 e. The first-order valence-corrected chi connectivity index (χ1v) is 7.19. The second kappa shape index (κ2) is 6.89. The van der Waals surface area contributed by atoms with E-state index >= 15 is 0 Å². The van der Waals surface area contributed by atoms with Crippen LogP contribution in [-0.4, -0.2) is 9.97 Å². The van der Waals surface area contributed by atoms with Crippen molar-refractivity contribution in [2.24, 2.45) is 0 Å². The molecule has 0 aliphatic rings. The highest BCUT2D eigenvalue weighted by atomic mass is 15.0. The molecule has 2 aromatic rings. The van der Waals surface area contributed by atoms with Gasteiger partial charge in [0, 0.05) is 11.3 Å². The second-order valence-electron chi connectivity index (χ2n) is 4.87. The summed E-state index contributed by atoms with van der Waals surface area (Å²) in [5, 5.41) is 3.32. The Hall–Kier alpha value is -2.10. The van der Waals surface area contributed by atoms with Crippen molar-refractivity contribution in [2.45, 2.75) is 39.5 Å². The van der Waals surface area contributed by atoms with Crippen LogP contribution in [0.3, 0.4) is 0 Å². The number of nitrogens with two attached hydrogens (primary N) is 1. The molecule has 1 heterocycles. The number of hydrogen-bond donors (Lipinski definition) is 2. The van der Waals surface area contributed by atoms with Gasteiger partial charge < -0.3 is 11.1 Å². The van der Waals surface area contributed by atoms with Crippen LogP contribution in [0.4, 0.5) is 17.3 Å². The molecule has 0 saturated heterocycles. The van der Waals surface area contributed by atoms with E-state index < -0.39 is 0 Å². The lowest BCUT2D eigenvalue weighted by atomic mass is 10.1. The molecule has 0 saturated carbocycles. The fourth-order valence-corrected chi connectivity index (χ4v) is 2.15. The van der Waals surface area contributed by atoms with Gasteiger partial charge in [0.25, 0.3) is 0 Å². The number of benzene rings is 1. The fourth-order valence-electron chi connectivity index (χ4n) is 2.15. The maximum Gasteiger partial charge on any atom is 0.139 e. The molecule has 3 N–H and O–H groups in total. The lowest BCUT2D eigenvalue weighted by molar-refractivity contribution is 0.795. The van der Waals surface area contributed by atoms with Crippen LogP contribution in [0.1, 0.15) is 37.8 Å². The Labute approximate surface area is 120 Å². The van der Waals surface area contributed by atoms with E-state index in [0.29, 0.717) is 5.82 Å². The number of aromatic nitrogens is 2. The minimum atomic E-state index is 0.546. The molecule has 20 heavy (non-hydrogen) atoms. The van der Waals surface area contributed by atoms with Crippen LogP contribution in [0.5, 0.6) is 0 Å². The third kappa shape index (κ3) is 3.47. The van der Waals surface area contributed by atoms with Gasteiger partial charge in [0.05, 0.1) is 0 Å². The highest BCUT2D eigenvalue weighted by Crippen LogP contribution is 2.22. The summed E-state index contributed by atoms with van der Waals surface area (Å²) in [4.78, 5) is 8.30. The summed E-state index contributed by atoms with van der Waals surface area (Å²) < 4.78 is 0. The number of unbranched alkanes of at least 4 members (excludes halogenated alkanes) is 1. The molecule has 0 bridgehead atoms. The summed E-state index contributed by atoms with van der Waals surface area (Å²) in [6, 6.07) is 8.49. The Balaban J connectivity index is 2.12. The molecule has 1 aromatic heterocycles. The van der Waals surface area contributed by atoms with E-state index in [1.54, 1.807) is 0 Å². The average molecular weight is 270 g/mol. The number of hydrogen-bond acceptors (Lipinski definition) is 4. The molecule has 0 aliphatic heterocycles. The summed E-state index contributed by atoms with van der Waals surface area (Å²) >= 11 is 0. The highest BCUT2D eigenvalue weighted by molar-refractivity contribution is 5.63. The minimum Gasteiger partial charge on any atom is -0.383 e. The van der Waals surface area contributed by atoms with Gasteiger partial charge in [-0.3, -0.25) is 0 Å². The second-order valence-corrected chi connectivity index (χ2v) is 4.87. The molecule has 0 aliphatic carbocycles. The van der Waals surface area contributed by atoms with Crippen LogP contribution < -0.4 is 11.1 Å². The van der Waals surface area contributed by atoms with Crippen molar-refractivity contribution in [3.8, 4) is 0 Å². The van der Waals surface area contributed by atoms with Gasteiger partial charge in [-0.15, -0.1) is 0 Å². The molecule has 4 nitrogen and oxygen atoms in total. The van der Waals surface area contributed by atoms with Crippen LogP contribution >= 0.6 is 0 Å². The molecule has 1 aromatic carbocycles. The summed E-state index contributed by atoms with van der Waals surface area (Å²) in [5.41, 5.74) is 9.23. The van der Waals surface area contributed by atoms with E-state index in [-0.39, 0.29) is 0 Å². The van der Waals surface area contributed by atoms with Crippen molar-refractivity contribution in [1.82, 2.24) is 9.97 Å². The zero-order valence-corrected chi connectivity index (χ0v) is 12.2. The van der Waals surface area contributed by atoms with E-state index in [0.717, 1.165) is 29.9 Å². The maximum absolute atomic E-state index is 5.87. The predicted octanol–water partition coefficient (Wildman–Crippen LogP) is 3.71. The molecule has 2 rings (SSSR count). The fraction of sp³-hybridized carbons (Fsp3) is 0.375. The Bertz CT molecular complexity index is 549. The molecule has 0 spiro atoms. The van der Waals surface area contributed by atoms with Crippen LogP contribution in [0.25, 0.3) is 0 Å². The van der Waals surface area contributed by atoms with Gasteiger partial charge in [-0.05, 0) is 37.0 Å². The molecule has 0 fully saturated rings. The summed E-state index contributed by atoms with van der Waals surface area (Å²) in [5.74, 6) is 1.34. The molecular weight excluding hydrogens is 248 g/mol. The van der Waals surface area contributed by atoms with Gasteiger partial charge in [0.2, 0.25) is 0 Å². The third-order valence-electron chi connectivity index (χ3n) is 3.37. The number of anilines is 3. The lowest BCUT2D eigenvalue weighted by Gasteiger charge is -2.11. The summed E-state index contributed by atoms with van der Waals surface area (Å²) in [6.45, 7) is 4.26. The average Bonchev–Trinajstić information content (AvgIpc) is 2.47. The predicted molar refractivity (Wildman–Crippen MR) is 84.2 cm³/mol. The Morgan fingerprint density at radius 3 is 2.50 bits per heavy atom. The van der Waals surface area contributed by atoms with Crippen molar-refractivity contribution in [3.63, 3.8) is 0 Å². The van der Waals surface area contributed by atoms with Gasteiger partial charge >= 0.3 is 0 Å². The summed E-state index contributed by atoms with van der Waals surface area (Å²) in [6.07, 6.45) is 5.89. The van der Waals surface area contributed by atoms with E-state index in [1.807, 2.05) is 6.92 Å². The van der Waals surface area contributed by atoms with Crippen molar-refractivity contribution in [3.05, 3.63) is 41.7 Å². The molecule has 4 heteroatoms. The Morgan fingerprint density at radius 1 is 1.10 bits per heavy atom. The number of nitrogens with one attached hydrogen (secondary N) is 1. The van der Waals surface area contributed by atoms with Crippen molar-refractivity contribution < 1.29 is 0 Å². The minimum absolute atomic E-state index is 0.546. The molecule has 0 unspecified atom stereocenters. The van der Waals surface area contributed by atoms with E-state index in [2.05, 4.69) is 46.5 Å². The van der Waals surface area contributed by atoms with Gasteiger partial charge in [0.1, 0.15) is 18.0 Å². The monoisotopic (exact) mass is 270 g/mol. The van der Waals surface area contributed by atoms with Gasteiger partial charge in [0.15, 0.2) is 0 Å². The number of nitrogen functional groups attached to an aromatic ring is 1. The zero-order chi connectivity index (χ0) is 14.4. The summed E-state index contributed by atoms with van der Waals surface area (Å²) in [7, 11) is 0. The van der Waals surface area contributed by atoms with Crippen molar-refractivity contribution >= 4 is 17.3 Å². The molecule has 0 amide bonds. The highest BCUT2D eigenvalue weighted by Gasteiger charge is 2.07. The molecule has 0 atom stereocenters. The first kappa shape index (κ1) is 14.3. The lowest BCUT2D eigenvalue weighted by Crippen LogP contribution is -2.04. The molecular formula is C16H22N4. The van der Waals surface area contributed by atoms with E-state index in [9.17, 15) is 0 Å². The number of nitrogens with zero attached hydrogens (tertiary/aromatic N) is 2. The standard InChI is InChI=1S/C16H22N4/c1-3-5-6-12-7-9-13(10-8-12)20-16-14(4-2)15(17)18-11-19-16/h7-11H,3-6H2,1-2H3,(H3,17,18,19,20). The maximum atomic E-state index is 5.87. The zero-order valence-electron chi connectivity index (χ0n) is 12.2.